The van der Waals surface area contributed by atoms with Gasteiger partial charge in [-0.25, -0.2) is 4.79 Å². The van der Waals surface area contributed by atoms with Gasteiger partial charge in [-0.05, 0) is 42.7 Å². The Balaban J connectivity index is 1.26. The molecule has 2 unspecified atom stereocenters. The van der Waals surface area contributed by atoms with Crippen LogP contribution in [0.2, 0.25) is 0 Å². The lowest BCUT2D eigenvalue weighted by Crippen LogP contribution is -2.49. The van der Waals surface area contributed by atoms with Crippen LogP contribution < -0.4 is 10.6 Å². The fourth-order valence-electron chi connectivity index (χ4n) is 4.04. The van der Waals surface area contributed by atoms with Crippen molar-refractivity contribution in [2.24, 2.45) is 5.92 Å². The van der Waals surface area contributed by atoms with Crippen molar-refractivity contribution in [2.75, 3.05) is 19.6 Å². The molecule has 0 radical (unpaired) electrons. The maximum Gasteiger partial charge on any atom is 0.315 e. The average Bonchev–Trinajstić information content (AvgIpc) is 3.34. The lowest BCUT2D eigenvalue weighted by molar-refractivity contribution is 0.140. The van der Waals surface area contributed by atoms with E-state index in [1.807, 2.05) is 24.3 Å². The summed E-state index contributed by atoms with van der Waals surface area (Å²) < 4.78 is 0. The van der Waals surface area contributed by atoms with E-state index in [-0.39, 0.29) is 18.1 Å². The molecule has 5 heteroatoms. The molecule has 3 aliphatic rings. The van der Waals surface area contributed by atoms with E-state index < -0.39 is 6.10 Å². The van der Waals surface area contributed by atoms with Gasteiger partial charge in [0, 0.05) is 32.1 Å². The van der Waals surface area contributed by atoms with Gasteiger partial charge in [-0.1, -0.05) is 24.3 Å². The van der Waals surface area contributed by atoms with E-state index in [4.69, 9.17) is 0 Å². The van der Waals surface area contributed by atoms with Crippen molar-refractivity contribution < 1.29 is 9.90 Å². The smallest absolute Gasteiger partial charge is 0.315 e. The summed E-state index contributed by atoms with van der Waals surface area (Å²) in [4.78, 5) is 14.9. The summed E-state index contributed by atoms with van der Waals surface area (Å²) >= 11 is 0. The maximum absolute atomic E-state index is 12.3. The fraction of sp³-hybridized carbons (Fsp3) is 0.632. The van der Waals surface area contributed by atoms with Gasteiger partial charge in [0.15, 0.2) is 0 Å². The Morgan fingerprint density at radius 1 is 1.12 bits per heavy atom. The lowest BCUT2D eigenvalue weighted by atomic mass is 10.0. The summed E-state index contributed by atoms with van der Waals surface area (Å²) in [6.07, 6.45) is 4.90. The standard InChI is InChI=1S/C19H27N3O2/c23-17-11-14-3-1-2-4-16(14)18(17)21-19(24)20-15-7-9-22(10-8-15)12-13-5-6-13/h1-4,13,15,17-18,23H,5-12H2,(H2,20,21,24). The molecule has 2 fully saturated rings. The van der Waals surface area contributed by atoms with Crippen LogP contribution in [0.4, 0.5) is 4.79 Å². The first-order valence-corrected chi connectivity index (χ1v) is 9.24. The van der Waals surface area contributed by atoms with E-state index in [1.165, 1.54) is 19.4 Å². The zero-order valence-corrected chi connectivity index (χ0v) is 14.1. The van der Waals surface area contributed by atoms with Gasteiger partial charge >= 0.3 is 6.03 Å². The molecule has 1 aliphatic heterocycles. The van der Waals surface area contributed by atoms with Gasteiger partial charge in [0.05, 0.1) is 12.1 Å². The molecule has 3 N–H and O–H groups in total. The molecule has 0 aromatic heterocycles. The third kappa shape index (κ3) is 3.57. The highest BCUT2D eigenvalue weighted by Crippen LogP contribution is 2.31. The van der Waals surface area contributed by atoms with Gasteiger partial charge in [0.1, 0.15) is 0 Å². The Labute approximate surface area is 143 Å². The van der Waals surface area contributed by atoms with Crippen LogP contribution in [0.1, 0.15) is 42.9 Å². The van der Waals surface area contributed by atoms with Crippen molar-refractivity contribution in [1.82, 2.24) is 15.5 Å². The molecule has 2 atom stereocenters. The van der Waals surface area contributed by atoms with Gasteiger partial charge in [-0.3, -0.25) is 0 Å². The van der Waals surface area contributed by atoms with Crippen LogP contribution in [0.25, 0.3) is 0 Å². The monoisotopic (exact) mass is 329 g/mol. The number of rotatable bonds is 4. The molecule has 1 saturated carbocycles. The van der Waals surface area contributed by atoms with Crippen molar-refractivity contribution >= 4 is 6.03 Å². The number of aliphatic hydroxyl groups excluding tert-OH is 1. The number of nitrogens with one attached hydrogen (secondary N) is 2. The topological polar surface area (TPSA) is 64.6 Å². The van der Waals surface area contributed by atoms with Crippen LogP contribution >= 0.6 is 0 Å². The number of carbonyl (C=O) groups is 1. The minimum atomic E-state index is -0.534. The zero-order chi connectivity index (χ0) is 16.5. The second-order valence-corrected chi connectivity index (χ2v) is 7.58. The van der Waals surface area contributed by atoms with E-state index in [0.29, 0.717) is 6.42 Å². The summed E-state index contributed by atoms with van der Waals surface area (Å²) in [7, 11) is 0. The predicted octanol–water partition coefficient (Wildman–Crippen LogP) is 1.82. The molecule has 24 heavy (non-hydrogen) atoms. The van der Waals surface area contributed by atoms with E-state index >= 15 is 0 Å². The van der Waals surface area contributed by atoms with E-state index in [1.54, 1.807) is 0 Å². The minimum absolute atomic E-state index is 0.156. The van der Waals surface area contributed by atoms with Crippen LogP contribution in [0.3, 0.4) is 0 Å². The number of nitrogens with zero attached hydrogens (tertiary/aromatic N) is 1. The number of fused-ring (bicyclic) bond motifs is 1. The summed E-state index contributed by atoms with van der Waals surface area (Å²) in [6.45, 7) is 3.40. The van der Waals surface area contributed by atoms with E-state index in [0.717, 1.165) is 43.0 Å². The second-order valence-electron chi connectivity index (χ2n) is 7.58. The number of aliphatic hydroxyl groups is 1. The Kier molecular flexibility index (Phi) is 4.46. The first-order chi connectivity index (χ1) is 11.7. The largest absolute Gasteiger partial charge is 0.390 e. The molecule has 1 aromatic carbocycles. The highest BCUT2D eigenvalue weighted by atomic mass is 16.3. The van der Waals surface area contributed by atoms with Gasteiger partial charge in [0.25, 0.3) is 0 Å². The van der Waals surface area contributed by atoms with Crippen LogP contribution in [-0.4, -0.2) is 47.8 Å². The highest BCUT2D eigenvalue weighted by molar-refractivity contribution is 5.75. The van der Waals surface area contributed by atoms with Crippen LogP contribution in [-0.2, 0) is 6.42 Å². The fourth-order valence-corrected chi connectivity index (χ4v) is 4.04. The third-order valence-corrected chi connectivity index (χ3v) is 5.63. The molecule has 2 aliphatic carbocycles. The summed E-state index contributed by atoms with van der Waals surface area (Å²) in [5.74, 6) is 0.932. The van der Waals surface area contributed by atoms with Crippen molar-refractivity contribution in [3.8, 4) is 0 Å². The SMILES string of the molecule is O=C(NC1CCN(CC2CC2)CC1)NC1c2ccccc2CC1O. The molecule has 5 nitrogen and oxygen atoms in total. The molecule has 130 valence electrons. The van der Waals surface area contributed by atoms with Gasteiger partial charge < -0.3 is 20.6 Å². The van der Waals surface area contributed by atoms with Crippen molar-refractivity contribution in [1.29, 1.82) is 0 Å². The van der Waals surface area contributed by atoms with E-state index in [9.17, 15) is 9.90 Å². The van der Waals surface area contributed by atoms with Crippen LogP contribution in [0.15, 0.2) is 24.3 Å². The first-order valence-electron chi connectivity index (χ1n) is 9.24. The second kappa shape index (κ2) is 6.73. The molecule has 2 amide bonds. The number of amides is 2. The molecular weight excluding hydrogens is 302 g/mol. The Morgan fingerprint density at radius 3 is 2.62 bits per heavy atom. The normalized spacial score (nSPS) is 27.7. The Bertz CT molecular complexity index is 594. The number of carbonyl (C=O) groups excluding carboxylic acids is 1. The number of piperidine rings is 1. The molecule has 1 aromatic rings. The lowest BCUT2D eigenvalue weighted by Gasteiger charge is -2.32. The number of hydrogen-bond donors (Lipinski definition) is 3. The number of likely N-dealkylation sites (tertiary alicyclic amines) is 1. The van der Waals surface area contributed by atoms with E-state index in [2.05, 4.69) is 15.5 Å². The number of urea groups is 1. The zero-order valence-electron chi connectivity index (χ0n) is 14.1. The molecule has 4 rings (SSSR count). The Morgan fingerprint density at radius 2 is 1.88 bits per heavy atom. The average molecular weight is 329 g/mol. The van der Waals surface area contributed by atoms with Crippen LogP contribution in [0, 0.1) is 5.92 Å². The van der Waals surface area contributed by atoms with Crippen molar-refractivity contribution in [2.45, 2.75) is 50.3 Å². The highest BCUT2D eigenvalue weighted by Gasteiger charge is 2.33. The van der Waals surface area contributed by atoms with Crippen molar-refractivity contribution in [3.63, 3.8) is 0 Å². The third-order valence-electron chi connectivity index (χ3n) is 5.63. The van der Waals surface area contributed by atoms with Crippen molar-refractivity contribution in [3.05, 3.63) is 35.4 Å². The summed E-state index contributed by atoms with van der Waals surface area (Å²) in [5, 5.41) is 16.3. The minimum Gasteiger partial charge on any atom is -0.390 e. The van der Waals surface area contributed by atoms with Crippen LogP contribution in [0.5, 0.6) is 0 Å². The maximum atomic E-state index is 12.3. The van der Waals surface area contributed by atoms with Gasteiger partial charge in [-0.15, -0.1) is 0 Å². The van der Waals surface area contributed by atoms with Gasteiger partial charge in [-0.2, -0.15) is 0 Å². The summed E-state index contributed by atoms with van der Waals surface area (Å²) in [6, 6.07) is 7.74. The molecule has 0 spiro atoms. The molecule has 0 bridgehead atoms. The number of benzene rings is 1. The first kappa shape index (κ1) is 15.9. The summed E-state index contributed by atoms with van der Waals surface area (Å²) in [5.41, 5.74) is 2.17. The molecular formula is C19H27N3O2. The Hall–Kier alpha value is -1.59. The quantitative estimate of drug-likeness (QED) is 0.789. The number of hydrogen-bond acceptors (Lipinski definition) is 3. The predicted molar refractivity (Wildman–Crippen MR) is 92.7 cm³/mol. The molecule has 1 heterocycles. The van der Waals surface area contributed by atoms with Gasteiger partial charge in [0.2, 0.25) is 0 Å². The molecule has 1 saturated heterocycles.